The molecule has 0 radical (unpaired) electrons. The second-order valence-electron chi connectivity index (χ2n) is 4.70. The first-order valence-electron chi connectivity index (χ1n) is 5.97. The van der Waals surface area contributed by atoms with Crippen molar-refractivity contribution in [2.45, 2.75) is 33.4 Å². The van der Waals surface area contributed by atoms with Crippen molar-refractivity contribution in [3.05, 3.63) is 35.8 Å². The molecule has 0 aromatic carbocycles. The van der Waals surface area contributed by atoms with Crippen LogP contribution in [0.5, 0.6) is 0 Å². The first-order chi connectivity index (χ1) is 8.08. The van der Waals surface area contributed by atoms with Crippen LogP contribution < -0.4 is 5.32 Å². The van der Waals surface area contributed by atoms with E-state index in [1.165, 1.54) is 11.3 Å². The van der Waals surface area contributed by atoms with Gasteiger partial charge in [0.15, 0.2) is 5.82 Å². The molecule has 2 aromatic rings. The highest BCUT2D eigenvalue weighted by Crippen LogP contribution is 2.15. The van der Waals surface area contributed by atoms with E-state index >= 15 is 0 Å². The van der Waals surface area contributed by atoms with Crippen molar-refractivity contribution in [3.8, 4) is 0 Å². The van der Waals surface area contributed by atoms with Gasteiger partial charge in [-0.25, -0.2) is 0 Å². The molecular formula is C13H21ClN4. The van der Waals surface area contributed by atoms with E-state index in [2.05, 4.69) is 67.3 Å². The number of aromatic nitrogens is 3. The molecule has 2 rings (SSSR count). The van der Waals surface area contributed by atoms with E-state index in [1.54, 1.807) is 0 Å². The first kappa shape index (κ1) is 14.6. The zero-order valence-electron chi connectivity index (χ0n) is 11.3. The fourth-order valence-corrected chi connectivity index (χ4v) is 1.78. The molecule has 100 valence electrons. The van der Waals surface area contributed by atoms with Crippen molar-refractivity contribution in [1.29, 1.82) is 0 Å². The zero-order chi connectivity index (χ0) is 12.4. The molecule has 2 aromatic heterocycles. The SMILES string of the molecule is Cc1cn(C(C)C)nc1NCc1cccn1C.Cl. The van der Waals surface area contributed by atoms with Gasteiger partial charge in [-0.15, -0.1) is 12.4 Å². The molecule has 0 saturated carbocycles. The van der Waals surface area contributed by atoms with Crippen LogP contribution in [0.2, 0.25) is 0 Å². The van der Waals surface area contributed by atoms with E-state index in [-0.39, 0.29) is 12.4 Å². The van der Waals surface area contributed by atoms with Crippen molar-refractivity contribution in [3.63, 3.8) is 0 Å². The highest BCUT2D eigenvalue weighted by molar-refractivity contribution is 5.85. The van der Waals surface area contributed by atoms with Crippen molar-refractivity contribution < 1.29 is 0 Å². The monoisotopic (exact) mass is 268 g/mol. The summed E-state index contributed by atoms with van der Waals surface area (Å²) < 4.78 is 4.10. The Balaban J connectivity index is 0.00000162. The maximum absolute atomic E-state index is 4.53. The third kappa shape index (κ3) is 3.07. The highest BCUT2D eigenvalue weighted by Gasteiger charge is 2.07. The summed E-state index contributed by atoms with van der Waals surface area (Å²) >= 11 is 0. The second-order valence-corrected chi connectivity index (χ2v) is 4.70. The lowest BCUT2D eigenvalue weighted by atomic mass is 10.3. The van der Waals surface area contributed by atoms with E-state index in [0.29, 0.717) is 6.04 Å². The van der Waals surface area contributed by atoms with Crippen LogP contribution in [0.3, 0.4) is 0 Å². The summed E-state index contributed by atoms with van der Waals surface area (Å²) in [5.74, 6) is 0.972. The van der Waals surface area contributed by atoms with Gasteiger partial charge in [0.05, 0.1) is 6.54 Å². The molecule has 2 heterocycles. The Morgan fingerprint density at radius 2 is 2.11 bits per heavy atom. The van der Waals surface area contributed by atoms with Gasteiger partial charge in [-0.1, -0.05) is 0 Å². The maximum atomic E-state index is 4.53. The summed E-state index contributed by atoms with van der Waals surface area (Å²) in [5, 5.41) is 7.91. The minimum atomic E-state index is 0. The van der Waals surface area contributed by atoms with Gasteiger partial charge in [0, 0.05) is 36.7 Å². The van der Waals surface area contributed by atoms with Crippen molar-refractivity contribution in [2.75, 3.05) is 5.32 Å². The van der Waals surface area contributed by atoms with Crippen molar-refractivity contribution >= 4 is 18.2 Å². The molecule has 0 aliphatic heterocycles. The predicted octanol–water partition coefficient (Wildman–Crippen LogP) is 3.14. The van der Waals surface area contributed by atoms with Gasteiger partial charge in [-0.05, 0) is 32.9 Å². The summed E-state index contributed by atoms with van der Waals surface area (Å²) in [5.41, 5.74) is 2.44. The van der Waals surface area contributed by atoms with E-state index in [0.717, 1.165) is 12.4 Å². The Morgan fingerprint density at radius 1 is 1.39 bits per heavy atom. The molecule has 0 bridgehead atoms. The van der Waals surface area contributed by atoms with Gasteiger partial charge >= 0.3 is 0 Å². The van der Waals surface area contributed by atoms with Gasteiger partial charge in [-0.3, -0.25) is 4.68 Å². The number of hydrogen-bond acceptors (Lipinski definition) is 2. The molecule has 4 nitrogen and oxygen atoms in total. The molecular weight excluding hydrogens is 248 g/mol. The van der Waals surface area contributed by atoms with Gasteiger partial charge in [-0.2, -0.15) is 5.10 Å². The fraction of sp³-hybridized carbons (Fsp3) is 0.462. The lowest BCUT2D eigenvalue weighted by Crippen LogP contribution is -2.06. The Kier molecular flexibility index (Phi) is 4.84. The first-order valence-corrected chi connectivity index (χ1v) is 5.97. The van der Waals surface area contributed by atoms with Crippen LogP contribution in [0, 0.1) is 6.92 Å². The smallest absolute Gasteiger partial charge is 0.151 e. The Hall–Kier alpha value is -1.42. The van der Waals surface area contributed by atoms with Gasteiger partial charge < -0.3 is 9.88 Å². The Morgan fingerprint density at radius 3 is 2.61 bits per heavy atom. The number of nitrogens with one attached hydrogen (secondary N) is 1. The minimum Gasteiger partial charge on any atom is -0.363 e. The van der Waals surface area contributed by atoms with Crippen LogP contribution in [-0.2, 0) is 13.6 Å². The molecule has 0 unspecified atom stereocenters. The van der Waals surface area contributed by atoms with E-state index < -0.39 is 0 Å². The molecule has 18 heavy (non-hydrogen) atoms. The van der Waals surface area contributed by atoms with Gasteiger partial charge in [0.25, 0.3) is 0 Å². The van der Waals surface area contributed by atoms with E-state index in [4.69, 9.17) is 0 Å². The summed E-state index contributed by atoms with van der Waals surface area (Å²) in [6, 6.07) is 4.57. The predicted molar refractivity (Wildman–Crippen MR) is 77.3 cm³/mol. The third-order valence-electron chi connectivity index (χ3n) is 2.93. The van der Waals surface area contributed by atoms with Crippen LogP contribution in [0.25, 0.3) is 0 Å². The van der Waals surface area contributed by atoms with Crippen LogP contribution in [-0.4, -0.2) is 14.3 Å². The standard InChI is InChI=1S/C13H20N4.ClH/c1-10(2)17-9-11(3)13(15-17)14-8-12-6-5-7-16(12)4;/h5-7,9-10H,8H2,1-4H3,(H,14,15);1H. The average Bonchev–Trinajstić information content (AvgIpc) is 2.82. The summed E-state index contributed by atoms with van der Waals surface area (Å²) in [4.78, 5) is 0. The Labute approximate surface area is 114 Å². The average molecular weight is 269 g/mol. The number of nitrogens with zero attached hydrogens (tertiary/aromatic N) is 3. The quantitative estimate of drug-likeness (QED) is 0.925. The molecule has 5 heteroatoms. The van der Waals surface area contributed by atoms with Crippen molar-refractivity contribution in [1.82, 2.24) is 14.3 Å². The molecule has 1 N–H and O–H groups in total. The number of halogens is 1. The summed E-state index contributed by atoms with van der Waals surface area (Å²) in [6.45, 7) is 7.15. The topological polar surface area (TPSA) is 34.8 Å². The number of aryl methyl sites for hydroxylation is 2. The molecule has 0 aliphatic carbocycles. The molecule has 0 amide bonds. The molecule has 0 saturated heterocycles. The lowest BCUT2D eigenvalue weighted by molar-refractivity contribution is 0.533. The van der Waals surface area contributed by atoms with Crippen molar-refractivity contribution in [2.24, 2.45) is 7.05 Å². The summed E-state index contributed by atoms with van der Waals surface area (Å²) in [7, 11) is 2.05. The number of anilines is 1. The highest BCUT2D eigenvalue weighted by atomic mass is 35.5. The molecule has 0 fully saturated rings. The van der Waals surface area contributed by atoms with E-state index in [9.17, 15) is 0 Å². The minimum absolute atomic E-state index is 0. The zero-order valence-corrected chi connectivity index (χ0v) is 12.2. The van der Waals surface area contributed by atoms with Gasteiger partial charge in [0.2, 0.25) is 0 Å². The molecule has 0 atom stereocenters. The normalized spacial score (nSPS) is 10.5. The fourth-order valence-electron chi connectivity index (χ4n) is 1.78. The summed E-state index contributed by atoms with van der Waals surface area (Å²) in [6.07, 6.45) is 4.13. The largest absolute Gasteiger partial charge is 0.363 e. The Bertz CT molecular complexity index is 499. The number of rotatable bonds is 4. The second kappa shape index (κ2) is 5.96. The molecule has 0 spiro atoms. The lowest BCUT2D eigenvalue weighted by Gasteiger charge is -2.06. The number of hydrogen-bond donors (Lipinski definition) is 1. The van der Waals surface area contributed by atoms with Crippen LogP contribution in [0.15, 0.2) is 24.5 Å². The van der Waals surface area contributed by atoms with Crippen LogP contribution >= 0.6 is 12.4 Å². The van der Waals surface area contributed by atoms with Crippen LogP contribution in [0.1, 0.15) is 31.1 Å². The third-order valence-corrected chi connectivity index (χ3v) is 2.93. The molecule has 0 aliphatic rings. The van der Waals surface area contributed by atoms with Gasteiger partial charge in [0.1, 0.15) is 0 Å². The maximum Gasteiger partial charge on any atom is 0.151 e. The van der Waals surface area contributed by atoms with E-state index in [1.807, 2.05) is 4.68 Å². The van der Waals surface area contributed by atoms with Crippen LogP contribution in [0.4, 0.5) is 5.82 Å².